The molecule has 0 aliphatic carbocycles. The van der Waals surface area contributed by atoms with Gasteiger partial charge in [0, 0.05) is 51.0 Å². The van der Waals surface area contributed by atoms with Gasteiger partial charge in [0.1, 0.15) is 11.5 Å². The lowest BCUT2D eigenvalue weighted by Crippen LogP contribution is -2.48. The van der Waals surface area contributed by atoms with Gasteiger partial charge in [-0.3, -0.25) is 24.3 Å². The molecule has 1 saturated heterocycles. The van der Waals surface area contributed by atoms with Crippen LogP contribution in [0.4, 0.5) is 0 Å². The van der Waals surface area contributed by atoms with Crippen LogP contribution >= 0.6 is 0 Å². The minimum atomic E-state index is -0.294. The molecule has 1 fully saturated rings. The van der Waals surface area contributed by atoms with Crippen molar-refractivity contribution in [2.75, 3.05) is 40.4 Å². The van der Waals surface area contributed by atoms with Gasteiger partial charge in [-0.1, -0.05) is 0 Å². The SMILES string of the molecule is COc1ccc(OC)c(CN2CCN(C(=O)c3cc(C)nc4c3c(=O)[nH]n4C)CC2)c1. The molecule has 1 aliphatic rings. The lowest BCUT2D eigenvalue weighted by atomic mass is 10.1. The van der Waals surface area contributed by atoms with Crippen molar-refractivity contribution in [3.8, 4) is 11.5 Å². The van der Waals surface area contributed by atoms with Crippen LogP contribution in [-0.2, 0) is 13.6 Å². The molecule has 0 spiro atoms. The molecule has 3 heterocycles. The van der Waals surface area contributed by atoms with Crippen molar-refractivity contribution >= 4 is 16.9 Å². The molecule has 1 amide bonds. The maximum Gasteiger partial charge on any atom is 0.274 e. The van der Waals surface area contributed by atoms with Gasteiger partial charge in [0.15, 0.2) is 5.65 Å². The number of aromatic nitrogens is 3. The molecule has 0 saturated carbocycles. The number of aromatic amines is 1. The molecule has 31 heavy (non-hydrogen) atoms. The van der Waals surface area contributed by atoms with Crippen molar-refractivity contribution in [2.45, 2.75) is 13.5 Å². The Hall–Kier alpha value is -3.33. The van der Waals surface area contributed by atoms with Crippen LogP contribution in [0.15, 0.2) is 29.1 Å². The summed E-state index contributed by atoms with van der Waals surface area (Å²) in [7, 11) is 5.02. The van der Waals surface area contributed by atoms with Crippen LogP contribution in [0.5, 0.6) is 11.5 Å². The fourth-order valence-electron chi connectivity index (χ4n) is 4.08. The van der Waals surface area contributed by atoms with Gasteiger partial charge in [-0.2, -0.15) is 0 Å². The average Bonchev–Trinajstić information content (AvgIpc) is 3.06. The summed E-state index contributed by atoms with van der Waals surface area (Å²) in [5.74, 6) is 1.47. The Bertz CT molecular complexity index is 1170. The molecule has 9 nitrogen and oxygen atoms in total. The fourth-order valence-corrected chi connectivity index (χ4v) is 4.08. The summed E-state index contributed by atoms with van der Waals surface area (Å²) in [5.41, 5.74) is 2.36. The molecule has 1 aromatic carbocycles. The summed E-state index contributed by atoms with van der Waals surface area (Å²) in [5, 5.41) is 3.04. The number of piperazine rings is 1. The summed E-state index contributed by atoms with van der Waals surface area (Å²) in [6.45, 7) is 5.15. The van der Waals surface area contributed by atoms with Gasteiger partial charge in [-0.05, 0) is 31.2 Å². The third-order valence-corrected chi connectivity index (χ3v) is 5.71. The number of fused-ring (bicyclic) bond motifs is 1. The first-order valence-corrected chi connectivity index (χ1v) is 10.2. The zero-order chi connectivity index (χ0) is 22.1. The number of carbonyl (C=O) groups is 1. The number of hydrogen-bond donors (Lipinski definition) is 1. The minimum absolute atomic E-state index is 0.134. The van der Waals surface area contributed by atoms with E-state index in [0.717, 1.165) is 30.2 Å². The van der Waals surface area contributed by atoms with Crippen molar-refractivity contribution in [3.63, 3.8) is 0 Å². The van der Waals surface area contributed by atoms with E-state index >= 15 is 0 Å². The topological polar surface area (TPSA) is 92.7 Å². The van der Waals surface area contributed by atoms with Crippen LogP contribution in [0.25, 0.3) is 11.0 Å². The van der Waals surface area contributed by atoms with Crippen molar-refractivity contribution in [1.82, 2.24) is 24.6 Å². The second-order valence-corrected chi connectivity index (χ2v) is 7.76. The van der Waals surface area contributed by atoms with E-state index in [9.17, 15) is 9.59 Å². The van der Waals surface area contributed by atoms with Crippen LogP contribution in [-0.4, -0.2) is 70.9 Å². The van der Waals surface area contributed by atoms with Crippen LogP contribution in [0.2, 0.25) is 0 Å². The third kappa shape index (κ3) is 4.00. The van der Waals surface area contributed by atoms with Gasteiger partial charge < -0.3 is 14.4 Å². The highest BCUT2D eigenvalue weighted by Crippen LogP contribution is 2.26. The van der Waals surface area contributed by atoms with E-state index in [4.69, 9.17) is 9.47 Å². The highest BCUT2D eigenvalue weighted by molar-refractivity contribution is 6.05. The van der Waals surface area contributed by atoms with Gasteiger partial charge >= 0.3 is 0 Å². The van der Waals surface area contributed by atoms with Crippen molar-refractivity contribution in [1.29, 1.82) is 0 Å². The maximum atomic E-state index is 13.3. The van der Waals surface area contributed by atoms with E-state index in [1.54, 1.807) is 36.9 Å². The van der Waals surface area contributed by atoms with Gasteiger partial charge in [0.25, 0.3) is 11.5 Å². The molecule has 0 atom stereocenters. The van der Waals surface area contributed by atoms with Crippen molar-refractivity contribution < 1.29 is 14.3 Å². The van der Waals surface area contributed by atoms with E-state index in [-0.39, 0.29) is 11.5 Å². The molecule has 164 valence electrons. The predicted octanol–water partition coefficient (Wildman–Crippen LogP) is 1.55. The van der Waals surface area contributed by atoms with Crippen LogP contribution in [0, 0.1) is 6.92 Å². The average molecular weight is 425 g/mol. The first-order valence-electron chi connectivity index (χ1n) is 10.2. The zero-order valence-electron chi connectivity index (χ0n) is 18.3. The van der Waals surface area contributed by atoms with Crippen molar-refractivity contribution in [2.24, 2.45) is 7.05 Å². The Labute approximate surface area is 180 Å². The van der Waals surface area contributed by atoms with Gasteiger partial charge in [-0.25, -0.2) is 4.98 Å². The predicted molar refractivity (Wildman–Crippen MR) is 117 cm³/mol. The number of nitrogens with one attached hydrogen (secondary N) is 1. The first-order chi connectivity index (χ1) is 14.9. The first kappa shape index (κ1) is 20.9. The van der Waals surface area contributed by atoms with Gasteiger partial charge in [0.05, 0.1) is 25.2 Å². The van der Waals surface area contributed by atoms with Crippen LogP contribution < -0.4 is 15.0 Å². The number of carbonyl (C=O) groups excluding carboxylic acids is 1. The highest BCUT2D eigenvalue weighted by Gasteiger charge is 2.26. The van der Waals surface area contributed by atoms with Gasteiger partial charge in [-0.15, -0.1) is 0 Å². The Morgan fingerprint density at radius 2 is 1.87 bits per heavy atom. The number of pyridine rings is 1. The smallest absolute Gasteiger partial charge is 0.274 e. The fraction of sp³-hybridized carbons (Fsp3) is 0.409. The Morgan fingerprint density at radius 1 is 1.13 bits per heavy atom. The minimum Gasteiger partial charge on any atom is -0.497 e. The third-order valence-electron chi connectivity index (χ3n) is 5.71. The lowest BCUT2D eigenvalue weighted by Gasteiger charge is -2.35. The Morgan fingerprint density at radius 3 is 2.55 bits per heavy atom. The number of benzene rings is 1. The molecule has 1 aliphatic heterocycles. The largest absolute Gasteiger partial charge is 0.497 e. The standard InChI is InChI=1S/C22H27N5O4/c1-14-11-17(19-20(23-14)25(2)24-21(19)28)22(29)27-9-7-26(8-10-27)13-15-12-16(30-3)5-6-18(15)31-4/h5-6,11-12H,7-10,13H2,1-4H3,(H,24,28). The molecular weight excluding hydrogens is 398 g/mol. The molecule has 1 N–H and O–H groups in total. The molecule has 0 bridgehead atoms. The molecule has 3 aromatic rings. The summed E-state index contributed by atoms with van der Waals surface area (Å²) < 4.78 is 12.4. The van der Waals surface area contributed by atoms with E-state index in [2.05, 4.69) is 15.0 Å². The zero-order valence-corrected chi connectivity index (χ0v) is 18.3. The second-order valence-electron chi connectivity index (χ2n) is 7.76. The van der Waals surface area contributed by atoms with Gasteiger partial charge in [0.2, 0.25) is 0 Å². The monoisotopic (exact) mass is 425 g/mol. The number of ether oxygens (including phenoxy) is 2. The second kappa shape index (κ2) is 8.43. The summed E-state index contributed by atoms with van der Waals surface area (Å²) in [4.78, 5) is 34.1. The summed E-state index contributed by atoms with van der Waals surface area (Å²) in [6.07, 6.45) is 0. The number of H-pyrrole nitrogens is 1. The normalized spacial score (nSPS) is 14.8. The van der Waals surface area contributed by atoms with E-state index in [1.165, 1.54) is 0 Å². The van der Waals surface area contributed by atoms with E-state index in [0.29, 0.717) is 41.9 Å². The number of amides is 1. The number of aryl methyl sites for hydroxylation is 2. The van der Waals surface area contributed by atoms with Crippen LogP contribution in [0.3, 0.4) is 0 Å². The van der Waals surface area contributed by atoms with Crippen LogP contribution in [0.1, 0.15) is 21.6 Å². The molecular formula is C22H27N5O4. The summed E-state index contributed by atoms with van der Waals surface area (Å²) in [6, 6.07) is 7.46. The van der Waals surface area contributed by atoms with E-state index < -0.39 is 0 Å². The molecule has 2 aromatic heterocycles. The van der Waals surface area contributed by atoms with E-state index in [1.807, 2.05) is 25.1 Å². The number of nitrogens with zero attached hydrogens (tertiary/aromatic N) is 4. The Kier molecular flexibility index (Phi) is 5.69. The highest BCUT2D eigenvalue weighted by atomic mass is 16.5. The maximum absolute atomic E-state index is 13.3. The Balaban J connectivity index is 1.49. The molecule has 0 radical (unpaired) electrons. The molecule has 0 unspecified atom stereocenters. The number of rotatable bonds is 5. The van der Waals surface area contributed by atoms with Crippen molar-refractivity contribution in [3.05, 3.63) is 51.4 Å². The number of hydrogen-bond acceptors (Lipinski definition) is 6. The molecule has 9 heteroatoms. The quantitative estimate of drug-likeness (QED) is 0.667. The lowest BCUT2D eigenvalue weighted by molar-refractivity contribution is 0.0629. The summed E-state index contributed by atoms with van der Waals surface area (Å²) >= 11 is 0. The number of methoxy groups -OCH3 is 2. The molecule has 4 rings (SSSR count).